The first-order valence-electron chi connectivity index (χ1n) is 5.41. The summed E-state index contributed by atoms with van der Waals surface area (Å²) in [4.78, 5) is 20.4. The van der Waals surface area contributed by atoms with E-state index in [1.54, 1.807) is 12.4 Å². The van der Waals surface area contributed by atoms with Gasteiger partial charge in [0.2, 0.25) is 0 Å². The Morgan fingerprint density at radius 2 is 2.00 bits per heavy atom. The third kappa shape index (κ3) is 2.08. The molecule has 3 nitrogen and oxygen atoms in total. The van der Waals surface area contributed by atoms with E-state index in [2.05, 4.69) is 9.97 Å². The highest BCUT2D eigenvalue weighted by molar-refractivity contribution is 6.05. The summed E-state index contributed by atoms with van der Waals surface area (Å²) in [6.45, 7) is 4.07. The highest BCUT2D eigenvalue weighted by Crippen LogP contribution is 2.17. The number of hydrogen-bond acceptors (Lipinski definition) is 3. The average Bonchev–Trinajstić information content (AvgIpc) is 2.27. The van der Waals surface area contributed by atoms with Crippen molar-refractivity contribution in [2.45, 2.75) is 20.3 Å². The smallest absolute Gasteiger partial charge is 0.165 e. The van der Waals surface area contributed by atoms with Crippen LogP contribution in [0, 0.1) is 5.92 Å². The molecule has 0 fully saturated rings. The van der Waals surface area contributed by atoms with Crippen molar-refractivity contribution in [2.75, 3.05) is 0 Å². The van der Waals surface area contributed by atoms with Crippen LogP contribution in [0.2, 0.25) is 0 Å². The van der Waals surface area contributed by atoms with Gasteiger partial charge in [-0.2, -0.15) is 0 Å². The molecular weight excluding hydrogens is 200 g/mol. The Kier molecular flexibility index (Phi) is 2.95. The molecule has 0 aliphatic rings. The number of nitrogens with zero attached hydrogens (tertiary/aromatic N) is 2. The van der Waals surface area contributed by atoms with Crippen molar-refractivity contribution in [1.82, 2.24) is 9.97 Å². The minimum absolute atomic E-state index is 0.140. The maximum absolute atomic E-state index is 12.0. The maximum Gasteiger partial charge on any atom is 0.165 e. The standard InChI is InChI=1S/C13H14N2O/c1-9(2)8-12(16)10-4-3-5-11-13(10)15-7-6-14-11/h3-7,9H,8H2,1-2H3. The molecule has 1 aromatic heterocycles. The van der Waals surface area contributed by atoms with Gasteiger partial charge in [-0.05, 0) is 18.1 Å². The Balaban J connectivity index is 2.48. The first-order chi connectivity index (χ1) is 7.68. The van der Waals surface area contributed by atoms with Gasteiger partial charge < -0.3 is 0 Å². The lowest BCUT2D eigenvalue weighted by Gasteiger charge is -2.06. The van der Waals surface area contributed by atoms with E-state index in [9.17, 15) is 4.79 Å². The molecule has 1 aromatic carbocycles. The van der Waals surface area contributed by atoms with Crippen LogP contribution in [-0.4, -0.2) is 15.8 Å². The van der Waals surface area contributed by atoms with Crippen molar-refractivity contribution in [3.05, 3.63) is 36.2 Å². The molecule has 0 N–H and O–H groups in total. The molecule has 0 aliphatic carbocycles. The van der Waals surface area contributed by atoms with Crippen molar-refractivity contribution in [3.8, 4) is 0 Å². The van der Waals surface area contributed by atoms with Gasteiger partial charge in [-0.25, -0.2) is 0 Å². The molecular formula is C13H14N2O. The molecule has 3 heteroatoms. The van der Waals surface area contributed by atoms with E-state index in [1.165, 1.54) is 0 Å². The van der Waals surface area contributed by atoms with E-state index < -0.39 is 0 Å². The largest absolute Gasteiger partial charge is 0.294 e. The summed E-state index contributed by atoms with van der Waals surface area (Å²) in [5.41, 5.74) is 2.16. The number of carbonyl (C=O) groups excluding carboxylic acids is 1. The number of ketones is 1. The molecule has 1 heterocycles. The maximum atomic E-state index is 12.0. The molecule has 0 spiro atoms. The lowest BCUT2D eigenvalue weighted by atomic mass is 10.00. The summed E-state index contributed by atoms with van der Waals surface area (Å²) in [6.07, 6.45) is 3.81. The zero-order valence-electron chi connectivity index (χ0n) is 9.47. The normalized spacial score (nSPS) is 10.9. The van der Waals surface area contributed by atoms with Crippen LogP contribution in [0.5, 0.6) is 0 Å². The zero-order valence-corrected chi connectivity index (χ0v) is 9.47. The van der Waals surface area contributed by atoms with Crippen molar-refractivity contribution in [3.63, 3.8) is 0 Å². The molecule has 0 aliphatic heterocycles. The Labute approximate surface area is 94.5 Å². The Bertz CT molecular complexity index is 515. The van der Waals surface area contributed by atoms with Crippen molar-refractivity contribution in [2.24, 2.45) is 5.92 Å². The van der Waals surface area contributed by atoms with Gasteiger partial charge in [0.05, 0.1) is 11.0 Å². The van der Waals surface area contributed by atoms with Crippen LogP contribution >= 0.6 is 0 Å². The third-order valence-electron chi connectivity index (χ3n) is 2.39. The average molecular weight is 214 g/mol. The van der Waals surface area contributed by atoms with Gasteiger partial charge in [0, 0.05) is 24.4 Å². The Morgan fingerprint density at radius 3 is 2.75 bits per heavy atom. The lowest BCUT2D eigenvalue weighted by molar-refractivity contribution is 0.0969. The minimum atomic E-state index is 0.140. The van der Waals surface area contributed by atoms with E-state index >= 15 is 0 Å². The third-order valence-corrected chi connectivity index (χ3v) is 2.39. The fourth-order valence-corrected chi connectivity index (χ4v) is 1.70. The first kappa shape index (κ1) is 10.7. The van der Waals surface area contributed by atoms with E-state index in [-0.39, 0.29) is 5.78 Å². The van der Waals surface area contributed by atoms with Gasteiger partial charge in [-0.1, -0.05) is 19.9 Å². The molecule has 0 radical (unpaired) electrons. The highest BCUT2D eigenvalue weighted by atomic mass is 16.1. The number of fused-ring (bicyclic) bond motifs is 1. The van der Waals surface area contributed by atoms with Gasteiger partial charge in [-0.3, -0.25) is 14.8 Å². The monoisotopic (exact) mass is 214 g/mol. The summed E-state index contributed by atoms with van der Waals surface area (Å²) >= 11 is 0. The minimum Gasteiger partial charge on any atom is -0.294 e. The fourth-order valence-electron chi connectivity index (χ4n) is 1.70. The molecule has 0 saturated carbocycles. The summed E-state index contributed by atoms with van der Waals surface area (Å²) < 4.78 is 0. The Morgan fingerprint density at radius 1 is 1.25 bits per heavy atom. The van der Waals surface area contributed by atoms with Crippen LogP contribution in [-0.2, 0) is 0 Å². The van der Waals surface area contributed by atoms with Crippen molar-refractivity contribution < 1.29 is 4.79 Å². The number of benzene rings is 1. The van der Waals surface area contributed by atoms with E-state index in [0.717, 1.165) is 5.52 Å². The summed E-state index contributed by atoms with van der Waals surface area (Å²) in [7, 11) is 0. The summed E-state index contributed by atoms with van der Waals surface area (Å²) in [6, 6.07) is 5.54. The number of aromatic nitrogens is 2. The highest BCUT2D eigenvalue weighted by Gasteiger charge is 2.12. The van der Waals surface area contributed by atoms with E-state index in [4.69, 9.17) is 0 Å². The molecule has 2 rings (SSSR count). The predicted octanol–water partition coefficient (Wildman–Crippen LogP) is 2.86. The van der Waals surface area contributed by atoms with Crippen molar-refractivity contribution >= 4 is 16.8 Å². The number of carbonyl (C=O) groups is 1. The fraction of sp³-hybridized carbons (Fsp3) is 0.308. The number of Topliss-reactive ketones (excluding diaryl/α,β-unsaturated/α-hetero) is 1. The summed E-state index contributed by atoms with van der Waals surface area (Å²) in [5, 5.41) is 0. The van der Waals surface area contributed by atoms with Crippen molar-refractivity contribution in [1.29, 1.82) is 0 Å². The molecule has 0 amide bonds. The first-order valence-corrected chi connectivity index (χ1v) is 5.41. The van der Waals surface area contributed by atoms with Crippen LogP contribution in [0.25, 0.3) is 11.0 Å². The number of hydrogen-bond donors (Lipinski definition) is 0. The SMILES string of the molecule is CC(C)CC(=O)c1cccc2nccnc12. The van der Waals surface area contributed by atoms with Gasteiger partial charge in [0.15, 0.2) is 5.78 Å². The van der Waals surface area contributed by atoms with Crippen LogP contribution in [0.1, 0.15) is 30.6 Å². The molecule has 0 unspecified atom stereocenters. The van der Waals surface area contributed by atoms with Crippen LogP contribution < -0.4 is 0 Å². The second kappa shape index (κ2) is 4.39. The second-order valence-electron chi connectivity index (χ2n) is 4.25. The van der Waals surface area contributed by atoms with Crippen LogP contribution in [0.3, 0.4) is 0 Å². The summed E-state index contributed by atoms with van der Waals surface area (Å²) in [5.74, 6) is 0.500. The molecule has 0 atom stereocenters. The quantitative estimate of drug-likeness (QED) is 0.738. The van der Waals surface area contributed by atoms with Gasteiger partial charge in [0.25, 0.3) is 0 Å². The van der Waals surface area contributed by atoms with Gasteiger partial charge >= 0.3 is 0 Å². The molecule has 82 valence electrons. The molecule has 2 aromatic rings. The molecule has 16 heavy (non-hydrogen) atoms. The second-order valence-corrected chi connectivity index (χ2v) is 4.25. The number of para-hydroxylation sites is 1. The van der Waals surface area contributed by atoms with Gasteiger partial charge in [0.1, 0.15) is 0 Å². The van der Waals surface area contributed by atoms with Crippen LogP contribution in [0.4, 0.5) is 0 Å². The number of rotatable bonds is 3. The topological polar surface area (TPSA) is 42.9 Å². The van der Waals surface area contributed by atoms with Crippen LogP contribution in [0.15, 0.2) is 30.6 Å². The van der Waals surface area contributed by atoms with E-state index in [0.29, 0.717) is 23.4 Å². The zero-order chi connectivity index (χ0) is 11.5. The van der Waals surface area contributed by atoms with E-state index in [1.807, 2.05) is 32.0 Å². The van der Waals surface area contributed by atoms with Gasteiger partial charge in [-0.15, -0.1) is 0 Å². The molecule has 0 saturated heterocycles. The predicted molar refractivity (Wildman–Crippen MR) is 63.3 cm³/mol. The molecule has 0 bridgehead atoms. The Hall–Kier alpha value is -1.77. The lowest BCUT2D eigenvalue weighted by Crippen LogP contribution is -2.05.